The number of benzene rings is 1. The maximum absolute atomic E-state index is 14.2. The summed E-state index contributed by atoms with van der Waals surface area (Å²) in [6.45, 7) is 3.12. The summed E-state index contributed by atoms with van der Waals surface area (Å²) in [5, 5.41) is 10.6. The Morgan fingerprint density at radius 3 is 2.45 bits per heavy atom. The summed E-state index contributed by atoms with van der Waals surface area (Å²) >= 11 is 12.4. The SMILES string of the molecule is CON=C(Cc1c(Cl)cccc1Cl)C(C)(C)NC(=O)c1c(C(F)F)nn(C)c1F. The molecule has 0 bridgehead atoms. The van der Waals surface area contributed by atoms with Crippen molar-refractivity contribution in [3.05, 3.63) is 51.0 Å². The summed E-state index contributed by atoms with van der Waals surface area (Å²) in [6, 6.07) is 4.95. The van der Waals surface area contributed by atoms with Crippen molar-refractivity contribution in [2.45, 2.75) is 32.2 Å². The van der Waals surface area contributed by atoms with Gasteiger partial charge in [-0.15, -0.1) is 0 Å². The molecular weight excluding hydrogens is 432 g/mol. The predicted octanol–water partition coefficient (Wildman–Crippen LogP) is 4.56. The molecule has 29 heavy (non-hydrogen) atoms. The van der Waals surface area contributed by atoms with Crippen molar-refractivity contribution in [1.82, 2.24) is 15.1 Å². The van der Waals surface area contributed by atoms with Crippen LogP contribution in [0.15, 0.2) is 23.4 Å². The van der Waals surface area contributed by atoms with Crippen LogP contribution >= 0.6 is 23.2 Å². The highest BCUT2D eigenvalue weighted by Gasteiger charge is 2.34. The van der Waals surface area contributed by atoms with E-state index in [4.69, 9.17) is 28.0 Å². The Morgan fingerprint density at radius 2 is 1.93 bits per heavy atom. The van der Waals surface area contributed by atoms with E-state index in [0.29, 0.717) is 20.3 Å². The molecule has 1 aromatic heterocycles. The van der Waals surface area contributed by atoms with E-state index < -0.39 is 35.1 Å². The van der Waals surface area contributed by atoms with Gasteiger partial charge in [-0.3, -0.25) is 4.79 Å². The van der Waals surface area contributed by atoms with Gasteiger partial charge in [0.05, 0.1) is 11.3 Å². The number of hydrogen-bond donors (Lipinski definition) is 1. The van der Waals surface area contributed by atoms with Crippen LogP contribution in [0, 0.1) is 5.95 Å². The lowest BCUT2D eigenvalue weighted by Crippen LogP contribution is -2.51. The predicted molar refractivity (Wildman–Crippen MR) is 104 cm³/mol. The maximum Gasteiger partial charge on any atom is 0.283 e. The van der Waals surface area contributed by atoms with E-state index in [-0.39, 0.29) is 12.1 Å². The molecule has 0 spiro atoms. The molecule has 11 heteroatoms. The molecule has 1 aromatic carbocycles. The zero-order valence-corrected chi connectivity index (χ0v) is 17.6. The van der Waals surface area contributed by atoms with E-state index in [1.54, 1.807) is 32.0 Å². The van der Waals surface area contributed by atoms with Gasteiger partial charge < -0.3 is 10.2 Å². The molecule has 0 saturated heterocycles. The summed E-state index contributed by atoms with van der Waals surface area (Å²) in [5.41, 5.74) is -2.18. The molecule has 0 saturated carbocycles. The molecule has 1 N–H and O–H groups in total. The third kappa shape index (κ3) is 5.02. The van der Waals surface area contributed by atoms with Gasteiger partial charge in [0.1, 0.15) is 18.4 Å². The van der Waals surface area contributed by atoms with Crippen molar-refractivity contribution in [2.24, 2.45) is 12.2 Å². The number of carbonyl (C=O) groups excluding carboxylic acids is 1. The number of aromatic nitrogens is 2. The Morgan fingerprint density at radius 1 is 1.34 bits per heavy atom. The fourth-order valence-corrected chi connectivity index (χ4v) is 3.18. The fourth-order valence-electron chi connectivity index (χ4n) is 2.65. The molecule has 2 aromatic rings. The summed E-state index contributed by atoms with van der Waals surface area (Å²) in [6.07, 6.45) is -3.03. The first kappa shape index (κ1) is 23.0. The van der Waals surface area contributed by atoms with Gasteiger partial charge >= 0.3 is 0 Å². The molecule has 1 heterocycles. The van der Waals surface area contributed by atoms with E-state index in [1.165, 1.54) is 7.11 Å². The lowest BCUT2D eigenvalue weighted by Gasteiger charge is -2.28. The van der Waals surface area contributed by atoms with Gasteiger partial charge in [0.25, 0.3) is 12.3 Å². The van der Waals surface area contributed by atoms with Gasteiger partial charge in [0.2, 0.25) is 5.95 Å². The van der Waals surface area contributed by atoms with Crippen LogP contribution in [0.25, 0.3) is 0 Å². The zero-order valence-electron chi connectivity index (χ0n) is 16.1. The van der Waals surface area contributed by atoms with Crippen molar-refractivity contribution in [1.29, 1.82) is 0 Å². The fraction of sp³-hybridized carbons (Fsp3) is 0.389. The highest BCUT2D eigenvalue weighted by Crippen LogP contribution is 2.28. The number of halogens is 5. The Hall–Kier alpha value is -2.26. The number of amides is 1. The molecule has 0 aliphatic carbocycles. The molecule has 0 radical (unpaired) electrons. The van der Waals surface area contributed by atoms with Gasteiger partial charge in [0.15, 0.2) is 0 Å². The van der Waals surface area contributed by atoms with E-state index >= 15 is 0 Å². The molecule has 158 valence electrons. The van der Waals surface area contributed by atoms with E-state index in [9.17, 15) is 18.0 Å². The quantitative estimate of drug-likeness (QED) is 0.496. The van der Waals surface area contributed by atoms with Gasteiger partial charge in [-0.05, 0) is 31.5 Å². The molecule has 0 aliphatic rings. The number of nitrogens with zero attached hydrogens (tertiary/aromatic N) is 3. The van der Waals surface area contributed by atoms with Crippen molar-refractivity contribution in [2.75, 3.05) is 7.11 Å². The van der Waals surface area contributed by atoms with Crippen LogP contribution in [0.2, 0.25) is 10.0 Å². The monoisotopic (exact) mass is 450 g/mol. The van der Waals surface area contributed by atoms with E-state index in [1.807, 2.05) is 0 Å². The molecule has 2 rings (SSSR count). The Bertz CT molecular complexity index is 925. The topological polar surface area (TPSA) is 68.5 Å². The van der Waals surface area contributed by atoms with Gasteiger partial charge in [-0.25, -0.2) is 13.5 Å². The number of carbonyl (C=O) groups is 1. The first-order valence-corrected chi connectivity index (χ1v) is 9.11. The Kier molecular flexibility index (Phi) is 7.18. The van der Waals surface area contributed by atoms with E-state index in [0.717, 1.165) is 7.05 Å². The largest absolute Gasteiger partial charge is 0.399 e. The van der Waals surface area contributed by atoms with Crippen LogP contribution in [-0.2, 0) is 18.3 Å². The number of oxime groups is 1. The highest BCUT2D eigenvalue weighted by molar-refractivity contribution is 6.36. The smallest absolute Gasteiger partial charge is 0.283 e. The minimum atomic E-state index is -3.12. The average molecular weight is 451 g/mol. The average Bonchev–Trinajstić information content (AvgIpc) is 2.92. The van der Waals surface area contributed by atoms with Crippen molar-refractivity contribution >= 4 is 34.8 Å². The number of nitrogens with one attached hydrogen (secondary N) is 1. The van der Waals surface area contributed by atoms with Gasteiger partial charge in [0, 0.05) is 23.5 Å². The Labute approximate surface area is 175 Å². The Balaban J connectivity index is 2.37. The minimum absolute atomic E-state index is 0.0941. The molecule has 6 nitrogen and oxygen atoms in total. The van der Waals surface area contributed by atoms with Crippen LogP contribution in [-0.4, -0.2) is 34.0 Å². The molecule has 0 atom stereocenters. The number of alkyl halides is 2. The normalized spacial score (nSPS) is 12.4. The second-order valence-electron chi connectivity index (χ2n) is 6.65. The highest BCUT2D eigenvalue weighted by atomic mass is 35.5. The molecule has 0 aliphatic heterocycles. The lowest BCUT2D eigenvalue weighted by molar-refractivity contribution is 0.0911. The number of rotatable bonds is 7. The van der Waals surface area contributed by atoms with Crippen LogP contribution in [0.4, 0.5) is 13.2 Å². The van der Waals surface area contributed by atoms with Crippen LogP contribution in [0.1, 0.15) is 41.9 Å². The third-order valence-electron chi connectivity index (χ3n) is 4.19. The maximum atomic E-state index is 14.2. The first-order valence-electron chi connectivity index (χ1n) is 8.36. The summed E-state index contributed by atoms with van der Waals surface area (Å²) < 4.78 is 41.2. The summed E-state index contributed by atoms with van der Waals surface area (Å²) in [5.74, 6) is -2.24. The standard InChI is InChI=1S/C18H19Cl2F3N4O2/c1-18(2,12(26-29-4)8-9-10(19)6-5-7-11(9)20)24-17(28)13-14(15(21)22)25-27(3)16(13)23/h5-7,15H,8H2,1-4H3,(H,24,28). The van der Waals surface area contributed by atoms with Crippen LogP contribution in [0.3, 0.4) is 0 Å². The minimum Gasteiger partial charge on any atom is -0.399 e. The second-order valence-corrected chi connectivity index (χ2v) is 7.47. The molecular formula is C18H19Cl2F3N4O2. The third-order valence-corrected chi connectivity index (χ3v) is 4.90. The van der Waals surface area contributed by atoms with E-state index in [2.05, 4.69) is 15.6 Å². The van der Waals surface area contributed by atoms with Gasteiger partial charge in [-0.2, -0.15) is 9.49 Å². The van der Waals surface area contributed by atoms with Crippen molar-refractivity contribution in [3.8, 4) is 0 Å². The van der Waals surface area contributed by atoms with Crippen LogP contribution < -0.4 is 5.32 Å². The number of aryl methyl sites for hydroxylation is 1. The molecule has 1 amide bonds. The summed E-state index contributed by atoms with van der Waals surface area (Å²) in [4.78, 5) is 17.5. The van der Waals surface area contributed by atoms with Crippen molar-refractivity contribution in [3.63, 3.8) is 0 Å². The van der Waals surface area contributed by atoms with Gasteiger partial charge in [-0.1, -0.05) is 34.4 Å². The molecule has 0 fully saturated rings. The van der Waals surface area contributed by atoms with Crippen molar-refractivity contribution < 1.29 is 22.8 Å². The molecule has 0 unspecified atom stereocenters. The number of hydrogen-bond acceptors (Lipinski definition) is 4. The second kappa shape index (κ2) is 9.04. The first-order chi connectivity index (χ1) is 13.5. The van der Waals surface area contributed by atoms with Crippen LogP contribution in [0.5, 0.6) is 0 Å². The zero-order chi connectivity index (χ0) is 21.9. The lowest BCUT2D eigenvalue weighted by atomic mass is 9.92. The summed E-state index contributed by atoms with van der Waals surface area (Å²) in [7, 11) is 2.43.